The van der Waals surface area contributed by atoms with E-state index in [2.05, 4.69) is 12.2 Å². The van der Waals surface area contributed by atoms with E-state index in [-0.39, 0.29) is 11.7 Å². The van der Waals surface area contributed by atoms with Crippen LogP contribution in [0.25, 0.3) is 5.69 Å². The van der Waals surface area contributed by atoms with E-state index in [1.807, 2.05) is 41.0 Å². The van der Waals surface area contributed by atoms with E-state index in [0.29, 0.717) is 28.3 Å². The number of fused-ring (bicyclic) bond motifs is 4. The molecule has 0 saturated carbocycles. The van der Waals surface area contributed by atoms with Crippen LogP contribution in [0.3, 0.4) is 0 Å². The highest BCUT2D eigenvalue weighted by atomic mass is 16.5. The number of amides is 1. The van der Waals surface area contributed by atoms with Crippen LogP contribution in [0.1, 0.15) is 57.4 Å². The van der Waals surface area contributed by atoms with Gasteiger partial charge in [0.25, 0.3) is 5.91 Å². The molecule has 1 fully saturated rings. The summed E-state index contributed by atoms with van der Waals surface area (Å²) in [6, 6.07) is 15.0. The molecule has 2 aliphatic rings. The Morgan fingerprint density at radius 3 is 2.49 bits per heavy atom. The largest absolute Gasteiger partial charge is 0.496 e. The molecule has 3 aromatic rings. The second-order valence-electron chi connectivity index (χ2n) is 9.38. The first-order valence-electron chi connectivity index (χ1n) is 12.1. The minimum atomic E-state index is -0.555. The maximum Gasteiger partial charge on any atom is 0.253 e. The topological polar surface area (TPSA) is 72.8 Å². The quantitative estimate of drug-likeness (QED) is 0.568. The Hall–Kier alpha value is -3.58. The average molecular weight is 474 g/mol. The zero-order chi connectivity index (χ0) is 24.7. The summed E-state index contributed by atoms with van der Waals surface area (Å²) in [4.78, 5) is 28.0. The highest BCUT2D eigenvalue weighted by Gasteiger charge is 2.44. The molecular formula is C28H31N3O4. The molecule has 0 unspecified atom stereocenters. The van der Waals surface area contributed by atoms with Crippen molar-refractivity contribution < 1.29 is 19.1 Å². The molecule has 2 aromatic carbocycles. The van der Waals surface area contributed by atoms with E-state index in [1.165, 1.54) is 0 Å². The number of rotatable bonds is 5. The second kappa shape index (κ2) is 8.89. The fourth-order valence-electron chi connectivity index (χ4n) is 5.18. The minimum absolute atomic E-state index is 0.0809. The molecule has 182 valence electrons. The summed E-state index contributed by atoms with van der Waals surface area (Å²) in [6.45, 7) is 3.69. The van der Waals surface area contributed by atoms with Crippen molar-refractivity contribution >= 4 is 11.7 Å². The Balaban J connectivity index is 1.66. The molecule has 1 amide bonds. The van der Waals surface area contributed by atoms with Crippen molar-refractivity contribution in [3.63, 3.8) is 0 Å². The van der Waals surface area contributed by atoms with Crippen molar-refractivity contribution in [2.24, 2.45) is 0 Å². The van der Waals surface area contributed by atoms with Gasteiger partial charge in [-0.05, 0) is 61.5 Å². The smallest absolute Gasteiger partial charge is 0.253 e. The zero-order valence-corrected chi connectivity index (χ0v) is 20.7. The fraction of sp³-hybridized carbons (Fsp3) is 0.357. The van der Waals surface area contributed by atoms with Crippen LogP contribution in [0.2, 0.25) is 0 Å². The van der Waals surface area contributed by atoms with Crippen LogP contribution in [0, 0.1) is 0 Å². The summed E-state index contributed by atoms with van der Waals surface area (Å²) >= 11 is 0. The number of aromatic nitrogens is 1. The van der Waals surface area contributed by atoms with E-state index in [4.69, 9.17) is 9.47 Å². The molecule has 1 spiro atoms. The van der Waals surface area contributed by atoms with Gasteiger partial charge in [-0.15, -0.1) is 0 Å². The summed E-state index contributed by atoms with van der Waals surface area (Å²) in [7, 11) is 5.09. The molecule has 0 atom stereocenters. The average Bonchev–Trinajstić information content (AvgIpc) is 3.34. The first kappa shape index (κ1) is 23.2. The number of hydrogen-bond donors (Lipinski definition) is 1. The second-order valence-corrected chi connectivity index (χ2v) is 9.38. The Bertz CT molecular complexity index is 1300. The summed E-state index contributed by atoms with van der Waals surface area (Å²) in [5.74, 6) is 1.17. The van der Waals surface area contributed by atoms with Gasteiger partial charge < -0.3 is 24.3 Å². The standard InChI is InChI=1S/C28H31N3O4/c1-5-18-6-7-19(16-23(18)34-4)26(32)22-10-11-25-28(12-14-29-15-13-28)35-24-17-20(27(33)30(2)3)8-9-21(24)31(22)25/h6-11,16-17,29H,5,12-15H2,1-4H3. The van der Waals surface area contributed by atoms with Crippen LogP contribution in [0.4, 0.5) is 0 Å². The molecule has 0 bridgehead atoms. The Morgan fingerprint density at radius 2 is 1.80 bits per heavy atom. The van der Waals surface area contributed by atoms with Crippen LogP contribution in [-0.4, -0.2) is 55.5 Å². The highest BCUT2D eigenvalue weighted by Crippen LogP contribution is 2.45. The lowest BCUT2D eigenvalue weighted by Crippen LogP contribution is -2.47. The lowest BCUT2D eigenvalue weighted by atomic mass is 9.87. The molecule has 7 nitrogen and oxygen atoms in total. The van der Waals surface area contributed by atoms with Gasteiger partial charge >= 0.3 is 0 Å². The number of ether oxygens (including phenoxy) is 2. The van der Waals surface area contributed by atoms with Gasteiger partial charge in [-0.3, -0.25) is 9.59 Å². The van der Waals surface area contributed by atoms with Crippen molar-refractivity contribution in [3.8, 4) is 17.2 Å². The van der Waals surface area contributed by atoms with Gasteiger partial charge in [0.15, 0.2) is 5.60 Å². The first-order chi connectivity index (χ1) is 16.9. The van der Waals surface area contributed by atoms with Gasteiger partial charge in [-0.1, -0.05) is 19.1 Å². The molecule has 0 aliphatic carbocycles. The summed E-state index contributed by atoms with van der Waals surface area (Å²) in [5.41, 5.74) is 3.95. The molecule has 5 rings (SSSR count). The van der Waals surface area contributed by atoms with Crippen molar-refractivity contribution in [1.29, 1.82) is 0 Å². The van der Waals surface area contributed by atoms with E-state index in [1.54, 1.807) is 38.2 Å². The summed E-state index contributed by atoms with van der Waals surface area (Å²) in [5, 5.41) is 3.40. The van der Waals surface area contributed by atoms with Gasteiger partial charge in [0.2, 0.25) is 5.78 Å². The van der Waals surface area contributed by atoms with E-state index < -0.39 is 5.60 Å². The van der Waals surface area contributed by atoms with Gasteiger partial charge in [-0.25, -0.2) is 0 Å². The molecule has 7 heteroatoms. The molecule has 1 saturated heterocycles. The van der Waals surface area contributed by atoms with Gasteiger partial charge in [-0.2, -0.15) is 0 Å². The third-order valence-electron chi connectivity index (χ3n) is 7.08. The number of carbonyl (C=O) groups is 2. The lowest BCUT2D eigenvalue weighted by molar-refractivity contribution is 0.0199. The maximum absolute atomic E-state index is 13.8. The van der Waals surface area contributed by atoms with Crippen molar-refractivity contribution in [3.05, 3.63) is 76.6 Å². The maximum atomic E-state index is 13.8. The van der Waals surface area contributed by atoms with E-state index >= 15 is 0 Å². The third kappa shape index (κ3) is 3.80. The molecule has 35 heavy (non-hydrogen) atoms. The number of ketones is 1. The number of aryl methyl sites for hydroxylation is 1. The number of nitrogens with zero attached hydrogens (tertiary/aromatic N) is 2. The number of carbonyl (C=O) groups excluding carboxylic acids is 2. The van der Waals surface area contributed by atoms with Crippen LogP contribution in [0.15, 0.2) is 48.5 Å². The Kier molecular flexibility index (Phi) is 5.89. The Labute approximate surface area is 205 Å². The summed E-state index contributed by atoms with van der Waals surface area (Å²) in [6.07, 6.45) is 2.37. The number of nitrogens with one attached hydrogen (secondary N) is 1. The fourth-order valence-corrected chi connectivity index (χ4v) is 5.18. The SMILES string of the molecule is CCc1ccc(C(=O)c2ccc3n2-c2ccc(C(=O)N(C)C)cc2OC32CCNCC2)cc1OC. The predicted octanol–water partition coefficient (Wildman–Crippen LogP) is 3.95. The van der Waals surface area contributed by atoms with Gasteiger partial charge in [0.05, 0.1) is 24.2 Å². The number of hydrogen-bond acceptors (Lipinski definition) is 5. The lowest BCUT2D eigenvalue weighted by Gasteiger charge is -2.42. The molecular weight excluding hydrogens is 442 g/mol. The normalized spacial score (nSPS) is 15.7. The number of piperidine rings is 1. The number of benzene rings is 2. The van der Waals surface area contributed by atoms with Crippen molar-refractivity contribution in [1.82, 2.24) is 14.8 Å². The van der Waals surface area contributed by atoms with Crippen LogP contribution in [0.5, 0.6) is 11.5 Å². The molecule has 1 aromatic heterocycles. The van der Waals surface area contributed by atoms with Gasteiger partial charge in [0, 0.05) is 38.1 Å². The van der Waals surface area contributed by atoms with E-state index in [9.17, 15) is 9.59 Å². The molecule has 2 aliphatic heterocycles. The van der Waals surface area contributed by atoms with Gasteiger partial charge in [0.1, 0.15) is 11.5 Å². The van der Waals surface area contributed by atoms with E-state index in [0.717, 1.165) is 49.3 Å². The van der Waals surface area contributed by atoms with Crippen LogP contribution < -0.4 is 14.8 Å². The minimum Gasteiger partial charge on any atom is -0.496 e. The van der Waals surface area contributed by atoms with Crippen molar-refractivity contribution in [2.75, 3.05) is 34.3 Å². The molecule has 0 radical (unpaired) electrons. The van der Waals surface area contributed by atoms with Crippen LogP contribution >= 0.6 is 0 Å². The monoisotopic (exact) mass is 473 g/mol. The zero-order valence-electron chi connectivity index (χ0n) is 20.7. The van der Waals surface area contributed by atoms with Crippen LogP contribution in [-0.2, 0) is 12.0 Å². The van der Waals surface area contributed by atoms with Crippen molar-refractivity contribution in [2.45, 2.75) is 31.8 Å². The predicted molar refractivity (Wildman–Crippen MR) is 134 cm³/mol. The third-order valence-corrected chi connectivity index (χ3v) is 7.08. The highest BCUT2D eigenvalue weighted by molar-refractivity contribution is 6.09. The Morgan fingerprint density at radius 1 is 1.06 bits per heavy atom. The number of methoxy groups -OCH3 is 1. The summed E-state index contributed by atoms with van der Waals surface area (Å²) < 4.78 is 14.2. The molecule has 1 N–H and O–H groups in total. The first-order valence-corrected chi connectivity index (χ1v) is 12.1. The molecule has 3 heterocycles.